The van der Waals surface area contributed by atoms with E-state index in [4.69, 9.17) is 0 Å². The third-order valence-corrected chi connectivity index (χ3v) is 4.18. The molecule has 2 aromatic rings. The van der Waals surface area contributed by atoms with Gasteiger partial charge in [0.15, 0.2) is 0 Å². The number of carbonyl (C=O) groups excluding carboxylic acids is 1. The number of aromatic nitrogens is 1. The molecule has 23 heavy (non-hydrogen) atoms. The Hall–Kier alpha value is -2.16. The Kier molecular flexibility index (Phi) is 4.88. The number of amides is 1. The molecule has 0 bridgehead atoms. The lowest BCUT2D eigenvalue weighted by Gasteiger charge is -2.26. The summed E-state index contributed by atoms with van der Waals surface area (Å²) in [5.74, 6) is 0.403. The molecule has 0 aliphatic rings. The predicted octanol–water partition coefficient (Wildman–Crippen LogP) is 4.49. The van der Waals surface area contributed by atoms with E-state index >= 15 is 0 Å². The van der Waals surface area contributed by atoms with E-state index in [0.29, 0.717) is 5.92 Å². The first-order valence-electron chi connectivity index (χ1n) is 8.07. The number of rotatable bonds is 4. The van der Waals surface area contributed by atoms with Gasteiger partial charge in [0.2, 0.25) is 0 Å². The minimum Gasteiger partial charge on any atom is -0.342 e. The van der Waals surface area contributed by atoms with Crippen LogP contribution in [0.15, 0.2) is 36.5 Å². The van der Waals surface area contributed by atoms with E-state index < -0.39 is 5.54 Å². The summed E-state index contributed by atoms with van der Waals surface area (Å²) in [6, 6.07) is 9.97. The van der Waals surface area contributed by atoms with Gasteiger partial charge in [-0.3, -0.25) is 9.78 Å². The van der Waals surface area contributed by atoms with Gasteiger partial charge >= 0.3 is 0 Å². The predicted molar refractivity (Wildman–Crippen MR) is 94.7 cm³/mol. The molecule has 0 aliphatic heterocycles. The Labute approximate surface area is 139 Å². The van der Waals surface area contributed by atoms with E-state index in [0.717, 1.165) is 22.4 Å². The fraction of sp³-hybridized carbons (Fsp3) is 0.400. The number of hydrogen-bond acceptors (Lipinski definition) is 2. The molecule has 3 heteroatoms. The molecule has 2 rings (SSSR count). The number of carbonyl (C=O) groups is 1. The van der Waals surface area contributed by atoms with E-state index in [1.807, 2.05) is 45.9 Å². The summed E-state index contributed by atoms with van der Waals surface area (Å²) in [7, 11) is 0. The number of nitrogens with one attached hydrogen (secondary N) is 1. The Bertz CT molecular complexity index is 680. The maximum absolute atomic E-state index is 12.8. The second-order valence-corrected chi connectivity index (χ2v) is 6.98. The lowest BCUT2D eigenvalue weighted by Crippen LogP contribution is -2.42. The van der Waals surface area contributed by atoms with Crippen LogP contribution in [0.4, 0.5) is 0 Å². The van der Waals surface area contributed by atoms with Crippen LogP contribution in [0.25, 0.3) is 0 Å². The van der Waals surface area contributed by atoms with Crippen LogP contribution >= 0.6 is 0 Å². The molecule has 3 nitrogen and oxygen atoms in total. The van der Waals surface area contributed by atoms with Gasteiger partial charge in [-0.1, -0.05) is 32.0 Å². The van der Waals surface area contributed by atoms with Crippen molar-refractivity contribution in [1.82, 2.24) is 10.3 Å². The van der Waals surface area contributed by atoms with Crippen LogP contribution in [0, 0.1) is 13.8 Å². The van der Waals surface area contributed by atoms with E-state index in [1.165, 1.54) is 5.56 Å². The zero-order chi connectivity index (χ0) is 17.2. The minimum absolute atomic E-state index is 0.0500. The molecule has 0 saturated heterocycles. The van der Waals surface area contributed by atoms with E-state index in [2.05, 4.69) is 36.3 Å². The second kappa shape index (κ2) is 6.53. The zero-order valence-electron chi connectivity index (χ0n) is 14.9. The van der Waals surface area contributed by atoms with Crippen LogP contribution in [-0.2, 0) is 5.54 Å². The average Bonchev–Trinajstić information content (AvgIpc) is 2.46. The summed E-state index contributed by atoms with van der Waals surface area (Å²) < 4.78 is 0. The molecule has 1 aromatic carbocycles. The molecule has 0 fully saturated rings. The highest BCUT2D eigenvalue weighted by Crippen LogP contribution is 2.24. The molecule has 122 valence electrons. The third-order valence-electron chi connectivity index (χ3n) is 4.18. The summed E-state index contributed by atoms with van der Waals surface area (Å²) in [5.41, 5.74) is 4.39. The highest BCUT2D eigenvalue weighted by atomic mass is 16.1. The van der Waals surface area contributed by atoms with Crippen LogP contribution in [-0.4, -0.2) is 10.9 Å². The van der Waals surface area contributed by atoms with Crippen LogP contribution in [0.2, 0.25) is 0 Å². The molecule has 1 heterocycles. The van der Waals surface area contributed by atoms with Crippen LogP contribution in [0.3, 0.4) is 0 Å². The Morgan fingerprint density at radius 3 is 2.22 bits per heavy atom. The summed E-state index contributed by atoms with van der Waals surface area (Å²) in [4.78, 5) is 17.2. The van der Waals surface area contributed by atoms with Crippen LogP contribution < -0.4 is 5.32 Å². The molecule has 1 N–H and O–H groups in total. The molecule has 0 saturated carbocycles. The van der Waals surface area contributed by atoms with Crippen molar-refractivity contribution in [3.8, 4) is 0 Å². The Morgan fingerprint density at radius 2 is 1.74 bits per heavy atom. The van der Waals surface area contributed by atoms with Gasteiger partial charge in [0.1, 0.15) is 0 Å². The van der Waals surface area contributed by atoms with Gasteiger partial charge in [-0.05, 0) is 62.4 Å². The molecule has 0 aliphatic carbocycles. The topological polar surface area (TPSA) is 42.0 Å². The molecular formula is C20H26N2O. The minimum atomic E-state index is -0.520. The van der Waals surface area contributed by atoms with Gasteiger partial charge in [0.05, 0.1) is 11.2 Å². The maximum atomic E-state index is 12.8. The normalized spacial score (nSPS) is 11.6. The fourth-order valence-electron chi connectivity index (χ4n) is 2.83. The summed E-state index contributed by atoms with van der Waals surface area (Å²) in [6.45, 7) is 12.3. The number of pyridine rings is 1. The van der Waals surface area contributed by atoms with Crippen molar-refractivity contribution >= 4 is 5.91 Å². The highest BCUT2D eigenvalue weighted by Gasteiger charge is 2.26. The van der Waals surface area contributed by atoms with Crippen LogP contribution in [0.5, 0.6) is 0 Å². The smallest absolute Gasteiger partial charge is 0.252 e. The SMILES string of the molecule is Cc1cc(C(C)C)cc(C)c1C(=O)NC(C)(C)c1ccccn1. The number of nitrogens with zero attached hydrogens (tertiary/aromatic N) is 1. The van der Waals surface area contributed by atoms with Gasteiger partial charge in [-0.15, -0.1) is 0 Å². The molecule has 0 radical (unpaired) electrons. The lowest BCUT2D eigenvalue weighted by atomic mass is 9.92. The van der Waals surface area contributed by atoms with Crippen molar-refractivity contribution in [2.24, 2.45) is 0 Å². The molecule has 1 amide bonds. The zero-order valence-corrected chi connectivity index (χ0v) is 14.9. The molecule has 0 unspecified atom stereocenters. The highest BCUT2D eigenvalue weighted by molar-refractivity contribution is 5.97. The molecule has 0 atom stereocenters. The quantitative estimate of drug-likeness (QED) is 0.904. The Morgan fingerprint density at radius 1 is 1.13 bits per heavy atom. The lowest BCUT2D eigenvalue weighted by molar-refractivity contribution is 0.0909. The number of benzene rings is 1. The first-order valence-corrected chi connectivity index (χ1v) is 8.07. The number of aryl methyl sites for hydroxylation is 2. The van der Waals surface area contributed by atoms with Crippen LogP contribution in [0.1, 0.15) is 66.4 Å². The molecular weight excluding hydrogens is 284 g/mol. The van der Waals surface area contributed by atoms with Crippen molar-refractivity contribution < 1.29 is 4.79 Å². The summed E-state index contributed by atoms with van der Waals surface area (Å²) in [5, 5.41) is 3.12. The monoisotopic (exact) mass is 310 g/mol. The van der Waals surface area contributed by atoms with E-state index in [9.17, 15) is 4.79 Å². The molecule has 1 aromatic heterocycles. The average molecular weight is 310 g/mol. The summed E-state index contributed by atoms with van der Waals surface area (Å²) >= 11 is 0. The van der Waals surface area contributed by atoms with Crippen molar-refractivity contribution in [2.45, 2.75) is 53.0 Å². The van der Waals surface area contributed by atoms with Gasteiger partial charge in [-0.2, -0.15) is 0 Å². The van der Waals surface area contributed by atoms with E-state index in [-0.39, 0.29) is 5.91 Å². The van der Waals surface area contributed by atoms with Crippen molar-refractivity contribution in [3.63, 3.8) is 0 Å². The summed E-state index contributed by atoms with van der Waals surface area (Å²) in [6.07, 6.45) is 1.75. The largest absolute Gasteiger partial charge is 0.342 e. The second-order valence-electron chi connectivity index (χ2n) is 6.98. The van der Waals surface area contributed by atoms with Gasteiger partial charge in [-0.25, -0.2) is 0 Å². The first-order chi connectivity index (χ1) is 10.7. The number of hydrogen-bond donors (Lipinski definition) is 1. The maximum Gasteiger partial charge on any atom is 0.252 e. The standard InChI is InChI=1S/C20H26N2O/c1-13(2)16-11-14(3)18(15(4)12-16)19(23)22-20(5,6)17-9-7-8-10-21-17/h7-13H,1-6H3,(H,22,23). The van der Waals surface area contributed by atoms with Gasteiger partial charge < -0.3 is 5.32 Å². The Balaban J connectivity index is 2.31. The van der Waals surface area contributed by atoms with E-state index in [1.54, 1.807) is 6.20 Å². The van der Waals surface area contributed by atoms with Crippen molar-refractivity contribution in [2.75, 3.05) is 0 Å². The third kappa shape index (κ3) is 3.79. The van der Waals surface area contributed by atoms with Crippen molar-refractivity contribution in [1.29, 1.82) is 0 Å². The fourth-order valence-corrected chi connectivity index (χ4v) is 2.83. The molecule has 0 spiro atoms. The first kappa shape index (κ1) is 17.2. The van der Waals surface area contributed by atoms with Gasteiger partial charge in [0.25, 0.3) is 5.91 Å². The van der Waals surface area contributed by atoms with Gasteiger partial charge in [0, 0.05) is 11.8 Å². The van der Waals surface area contributed by atoms with Crippen molar-refractivity contribution in [3.05, 3.63) is 64.5 Å².